The Bertz CT molecular complexity index is 1420. The van der Waals surface area contributed by atoms with Crippen molar-refractivity contribution in [3.63, 3.8) is 0 Å². The molecule has 14 nitrogen and oxygen atoms in total. The van der Waals surface area contributed by atoms with Crippen molar-refractivity contribution < 1.29 is 24.0 Å². The number of hydrogen-bond donors (Lipinski definition) is 7. The molecule has 1 heterocycles. The van der Waals surface area contributed by atoms with Gasteiger partial charge in [0.25, 0.3) is 5.91 Å². The molecule has 46 heavy (non-hydrogen) atoms. The lowest BCUT2D eigenvalue weighted by Crippen LogP contribution is -2.55. The third kappa shape index (κ3) is 11.7. The molecule has 0 aliphatic heterocycles. The van der Waals surface area contributed by atoms with Crippen molar-refractivity contribution in [3.8, 4) is 0 Å². The highest BCUT2D eigenvalue weighted by molar-refractivity contribution is 7.20. The van der Waals surface area contributed by atoms with E-state index in [1.54, 1.807) is 32.0 Å². The molecule has 0 unspecified atom stereocenters. The zero-order chi connectivity index (χ0) is 34.7. The summed E-state index contributed by atoms with van der Waals surface area (Å²) in [5.74, 6) is -2.58. The molecule has 254 valence electrons. The number of fused-ring (bicyclic) bond motifs is 1. The maximum Gasteiger partial charge on any atom is 0.251 e. The van der Waals surface area contributed by atoms with Gasteiger partial charge >= 0.3 is 0 Å². The monoisotopic (exact) mass is 659 g/mol. The van der Waals surface area contributed by atoms with Crippen LogP contribution in [0.2, 0.25) is 0 Å². The fourth-order valence-electron chi connectivity index (χ4n) is 4.75. The lowest BCUT2D eigenvalue weighted by Gasteiger charge is -2.25. The van der Waals surface area contributed by atoms with Crippen LogP contribution in [0.3, 0.4) is 0 Å². The Balaban J connectivity index is 2.34. The second kappa shape index (κ2) is 17.5. The Kier molecular flexibility index (Phi) is 14.5. The SMILES string of the molecule is CC(C)C[C@H](NC(=O)[C@@H](N)CC(C)C)C(=O)N[C@@H](CCCN=C(N)N)C(=O)c1nc2ccc(C(=O)N[C@H](C(N)=O)C(C)C)cc2s1. The smallest absolute Gasteiger partial charge is 0.251 e. The number of hydrogen-bond acceptors (Lipinski definition) is 9. The Labute approximate surface area is 273 Å². The van der Waals surface area contributed by atoms with Crippen LogP contribution < -0.4 is 38.9 Å². The predicted octanol–water partition coefficient (Wildman–Crippen LogP) is 1.16. The van der Waals surface area contributed by atoms with Gasteiger partial charge in [-0.15, -0.1) is 11.3 Å². The van der Waals surface area contributed by atoms with Gasteiger partial charge < -0.3 is 38.9 Å². The molecule has 0 radical (unpaired) electrons. The van der Waals surface area contributed by atoms with E-state index in [-0.39, 0.29) is 47.2 Å². The average molecular weight is 660 g/mol. The number of ketones is 1. The summed E-state index contributed by atoms with van der Waals surface area (Å²) >= 11 is 1.07. The average Bonchev–Trinajstić information content (AvgIpc) is 3.39. The number of benzene rings is 1. The number of Topliss-reactive ketones (excluding diaryl/α,β-unsaturated/α-hetero) is 1. The Morgan fingerprint density at radius 2 is 1.50 bits per heavy atom. The van der Waals surface area contributed by atoms with Crippen molar-refractivity contribution in [2.75, 3.05) is 6.54 Å². The molecule has 2 aromatic rings. The molecule has 15 heteroatoms. The molecule has 4 amide bonds. The molecule has 0 saturated carbocycles. The van der Waals surface area contributed by atoms with Gasteiger partial charge in [0.2, 0.25) is 23.5 Å². The molecule has 1 aromatic heterocycles. The minimum absolute atomic E-state index is 0.0582. The number of primary amides is 1. The molecule has 0 saturated heterocycles. The van der Waals surface area contributed by atoms with Crippen LogP contribution in [0.4, 0.5) is 0 Å². The standard InChI is InChI=1S/C31H49N9O5S/c1-15(2)12-19(32)28(44)38-22(13-16(3)4)29(45)37-21(8-7-11-36-31(34)35)25(41)30-39-20-10-9-18(14-23(20)46-30)27(43)40-24(17(5)6)26(33)42/h9-10,14-17,19,21-22,24H,7-8,11-13,32H2,1-6H3,(H2,33,42)(H,37,45)(H,38,44)(H,40,43)(H4,34,35,36)/t19-,21-,22-,24-/m0/s1. The van der Waals surface area contributed by atoms with Crippen molar-refractivity contribution in [2.24, 2.45) is 45.7 Å². The molecule has 0 bridgehead atoms. The number of guanidine groups is 1. The van der Waals surface area contributed by atoms with E-state index in [4.69, 9.17) is 22.9 Å². The van der Waals surface area contributed by atoms with Gasteiger partial charge in [-0.1, -0.05) is 41.5 Å². The van der Waals surface area contributed by atoms with Crippen LogP contribution in [-0.2, 0) is 14.4 Å². The Morgan fingerprint density at radius 1 is 0.870 bits per heavy atom. The summed E-state index contributed by atoms with van der Waals surface area (Å²) in [7, 11) is 0. The van der Waals surface area contributed by atoms with Crippen molar-refractivity contribution in [1.29, 1.82) is 0 Å². The highest BCUT2D eigenvalue weighted by Gasteiger charge is 2.31. The summed E-state index contributed by atoms with van der Waals surface area (Å²) in [4.78, 5) is 73.2. The van der Waals surface area contributed by atoms with E-state index in [0.29, 0.717) is 29.5 Å². The third-order valence-corrected chi connectivity index (χ3v) is 8.13. The van der Waals surface area contributed by atoms with Crippen molar-refractivity contribution in [3.05, 3.63) is 28.8 Å². The number of aliphatic imine (C=N–C) groups is 1. The van der Waals surface area contributed by atoms with Gasteiger partial charge in [-0.25, -0.2) is 4.98 Å². The largest absolute Gasteiger partial charge is 0.370 e. The van der Waals surface area contributed by atoms with Gasteiger partial charge in [0.05, 0.1) is 22.3 Å². The number of nitrogens with two attached hydrogens (primary N) is 4. The number of nitrogens with zero attached hydrogens (tertiary/aromatic N) is 2. The van der Waals surface area contributed by atoms with Crippen LogP contribution >= 0.6 is 11.3 Å². The van der Waals surface area contributed by atoms with Crippen molar-refractivity contribution >= 4 is 56.9 Å². The summed E-state index contributed by atoms with van der Waals surface area (Å²) in [5, 5.41) is 8.35. The molecular weight excluding hydrogens is 610 g/mol. The van der Waals surface area contributed by atoms with Gasteiger partial charge in [-0.3, -0.25) is 29.0 Å². The quantitative estimate of drug-likeness (QED) is 0.0524. The first-order chi connectivity index (χ1) is 21.5. The van der Waals surface area contributed by atoms with Gasteiger partial charge in [-0.05, 0) is 61.6 Å². The van der Waals surface area contributed by atoms with E-state index in [2.05, 4.69) is 25.9 Å². The van der Waals surface area contributed by atoms with Gasteiger partial charge in [0.15, 0.2) is 11.0 Å². The van der Waals surface area contributed by atoms with Gasteiger partial charge in [-0.2, -0.15) is 0 Å². The van der Waals surface area contributed by atoms with Crippen LogP contribution in [0, 0.1) is 17.8 Å². The summed E-state index contributed by atoms with van der Waals surface area (Å²) < 4.78 is 0.561. The summed E-state index contributed by atoms with van der Waals surface area (Å²) in [6.45, 7) is 11.5. The first-order valence-corrected chi connectivity index (χ1v) is 16.3. The maximum absolute atomic E-state index is 13.8. The molecule has 4 atom stereocenters. The molecular formula is C31H49N9O5S. The fraction of sp³-hybridized carbons (Fsp3) is 0.581. The first-order valence-electron chi connectivity index (χ1n) is 15.5. The number of rotatable bonds is 18. The summed E-state index contributed by atoms with van der Waals surface area (Å²) in [5.41, 5.74) is 23.1. The van der Waals surface area contributed by atoms with Crippen LogP contribution in [0.25, 0.3) is 10.2 Å². The molecule has 0 fully saturated rings. The van der Waals surface area contributed by atoms with Crippen LogP contribution in [0.5, 0.6) is 0 Å². The Morgan fingerprint density at radius 3 is 2.07 bits per heavy atom. The maximum atomic E-state index is 13.8. The minimum atomic E-state index is -0.997. The zero-order valence-electron chi connectivity index (χ0n) is 27.5. The summed E-state index contributed by atoms with van der Waals surface area (Å²) in [6, 6.07) is 1.20. The van der Waals surface area contributed by atoms with E-state index in [1.165, 1.54) is 0 Å². The number of nitrogens with one attached hydrogen (secondary N) is 3. The van der Waals surface area contributed by atoms with Gasteiger partial charge in [0.1, 0.15) is 12.1 Å². The summed E-state index contributed by atoms with van der Waals surface area (Å²) in [6.07, 6.45) is 1.36. The molecule has 2 rings (SSSR count). The third-order valence-electron chi connectivity index (χ3n) is 7.10. The molecule has 1 aromatic carbocycles. The topological polar surface area (TPSA) is 251 Å². The van der Waals surface area contributed by atoms with E-state index < -0.39 is 53.6 Å². The van der Waals surface area contributed by atoms with Gasteiger partial charge in [0, 0.05) is 12.1 Å². The minimum Gasteiger partial charge on any atom is -0.370 e. The highest BCUT2D eigenvalue weighted by Crippen LogP contribution is 2.25. The van der Waals surface area contributed by atoms with E-state index in [1.807, 2.05) is 27.7 Å². The normalized spacial score (nSPS) is 14.0. The van der Waals surface area contributed by atoms with Crippen molar-refractivity contribution in [2.45, 2.75) is 91.4 Å². The molecule has 11 N–H and O–H groups in total. The van der Waals surface area contributed by atoms with Crippen LogP contribution in [-0.4, -0.2) is 71.1 Å². The molecule has 0 aliphatic carbocycles. The second-order valence-electron chi connectivity index (χ2n) is 12.6. The zero-order valence-corrected chi connectivity index (χ0v) is 28.3. The number of amides is 4. The first kappa shape index (κ1) is 38.1. The second-order valence-corrected chi connectivity index (χ2v) is 13.6. The van der Waals surface area contributed by atoms with E-state index >= 15 is 0 Å². The predicted molar refractivity (Wildman–Crippen MR) is 180 cm³/mol. The number of carbonyl (C=O) groups excluding carboxylic acids is 5. The number of thiazole rings is 1. The molecule has 0 aliphatic rings. The van der Waals surface area contributed by atoms with Crippen LogP contribution in [0.15, 0.2) is 23.2 Å². The lowest BCUT2D eigenvalue weighted by molar-refractivity contribution is -0.130. The van der Waals surface area contributed by atoms with Crippen LogP contribution in [0.1, 0.15) is 87.4 Å². The van der Waals surface area contributed by atoms with Crippen molar-refractivity contribution in [1.82, 2.24) is 20.9 Å². The molecule has 0 spiro atoms. The number of carbonyl (C=O) groups is 5. The Hall–Kier alpha value is -4.11. The van der Waals surface area contributed by atoms with E-state index in [0.717, 1.165) is 11.3 Å². The highest BCUT2D eigenvalue weighted by atomic mass is 32.1. The fourth-order valence-corrected chi connectivity index (χ4v) is 5.75. The number of aromatic nitrogens is 1. The van der Waals surface area contributed by atoms with E-state index in [9.17, 15) is 24.0 Å². The lowest BCUT2D eigenvalue weighted by atomic mass is 9.99.